The standard InChI is InChI=1S/C11H14BrN5S/c1-3-13-10-9(12)11(16-6-15-10)14-4-8-17-7(2)5-18-8/h5-6H,3-4H2,1-2H3,(H2,13,14,15,16). The first-order chi connectivity index (χ1) is 8.70. The third kappa shape index (κ3) is 3.17. The maximum absolute atomic E-state index is 4.40. The first kappa shape index (κ1) is 13.2. The minimum Gasteiger partial charge on any atom is -0.369 e. The van der Waals surface area contributed by atoms with Gasteiger partial charge in [0.2, 0.25) is 0 Å². The molecule has 5 nitrogen and oxygen atoms in total. The summed E-state index contributed by atoms with van der Waals surface area (Å²) in [4.78, 5) is 12.8. The number of hydrogen-bond donors (Lipinski definition) is 2. The number of aromatic nitrogens is 3. The summed E-state index contributed by atoms with van der Waals surface area (Å²) in [6.07, 6.45) is 1.54. The molecule has 0 aliphatic carbocycles. The molecular formula is C11H14BrN5S. The molecule has 0 radical (unpaired) electrons. The fourth-order valence-corrected chi connectivity index (χ4v) is 2.62. The molecule has 0 aliphatic heterocycles. The molecule has 2 aromatic heterocycles. The molecule has 2 heterocycles. The van der Waals surface area contributed by atoms with Gasteiger partial charge in [0.15, 0.2) is 0 Å². The van der Waals surface area contributed by atoms with Crippen molar-refractivity contribution in [3.05, 3.63) is 26.9 Å². The van der Waals surface area contributed by atoms with Crippen molar-refractivity contribution in [1.82, 2.24) is 15.0 Å². The predicted octanol–water partition coefficient (Wildman–Crippen LogP) is 3.05. The van der Waals surface area contributed by atoms with E-state index in [0.717, 1.165) is 33.4 Å². The quantitative estimate of drug-likeness (QED) is 0.883. The summed E-state index contributed by atoms with van der Waals surface area (Å²) in [7, 11) is 0. The molecule has 0 bridgehead atoms. The Labute approximate surface area is 118 Å². The highest BCUT2D eigenvalue weighted by Crippen LogP contribution is 2.26. The van der Waals surface area contributed by atoms with Crippen LogP contribution in [-0.2, 0) is 6.54 Å². The molecule has 0 aromatic carbocycles. The predicted molar refractivity (Wildman–Crippen MR) is 78.1 cm³/mol. The Hall–Kier alpha value is -1.21. The van der Waals surface area contributed by atoms with E-state index in [4.69, 9.17) is 0 Å². The normalized spacial score (nSPS) is 10.4. The number of aryl methyl sites for hydroxylation is 1. The molecule has 96 valence electrons. The molecule has 0 saturated heterocycles. The van der Waals surface area contributed by atoms with Crippen molar-refractivity contribution in [1.29, 1.82) is 0 Å². The second-order valence-corrected chi connectivity index (χ2v) is 5.39. The van der Waals surface area contributed by atoms with Crippen LogP contribution in [-0.4, -0.2) is 21.5 Å². The summed E-state index contributed by atoms with van der Waals surface area (Å²) in [5.74, 6) is 1.57. The van der Waals surface area contributed by atoms with E-state index in [1.165, 1.54) is 6.33 Å². The van der Waals surface area contributed by atoms with E-state index in [2.05, 4.69) is 41.5 Å². The van der Waals surface area contributed by atoms with E-state index < -0.39 is 0 Å². The first-order valence-electron chi connectivity index (χ1n) is 5.60. The minimum atomic E-state index is 0.666. The molecule has 2 N–H and O–H groups in total. The van der Waals surface area contributed by atoms with Gasteiger partial charge in [-0.3, -0.25) is 0 Å². The fourth-order valence-electron chi connectivity index (χ4n) is 1.43. The van der Waals surface area contributed by atoms with Crippen LogP contribution in [0.4, 0.5) is 11.6 Å². The summed E-state index contributed by atoms with van der Waals surface area (Å²) in [6, 6.07) is 0. The number of nitrogens with one attached hydrogen (secondary N) is 2. The van der Waals surface area contributed by atoms with Gasteiger partial charge in [0.1, 0.15) is 27.4 Å². The van der Waals surface area contributed by atoms with Crippen LogP contribution in [0.15, 0.2) is 16.2 Å². The minimum absolute atomic E-state index is 0.666. The second-order valence-electron chi connectivity index (χ2n) is 3.65. The number of nitrogens with zero attached hydrogens (tertiary/aromatic N) is 3. The highest BCUT2D eigenvalue weighted by Gasteiger charge is 2.08. The molecule has 0 fully saturated rings. The number of anilines is 2. The lowest BCUT2D eigenvalue weighted by Crippen LogP contribution is -2.06. The molecule has 0 amide bonds. The van der Waals surface area contributed by atoms with E-state index in [0.29, 0.717) is 6.54 Å². The largest absolute Gasteiger partial charge is 0.369 e. The van der Waals surface area contributed by atoms with Gasteiger partial charge >= 0.3 is 0 Å². The Kier molecular flexibility index (Phi) is 4.48. The molecule has 7 heteroatoms. The zero-order chi connectivity index (χ0) is 13.0. The van der Waals surface area contributed by atoms with Crippen LogP contribution >= 0.6 is 27.3 Å². The van der Waals surface area contributed by atoms with Crippen LogP contribution in [0, 0.1) is 6.92 Å². The van der Waals surface area contributed by atoms with Crippen molar-refractivity contribution in [2.24, 2.45) is 0 Å². The van der Waals surface area contributed by atoms with E-state index in [1.807, 2.05) is 19.2 Å². The van der Waals surface area contributed by atoms with Gasteiger partial charge in [0.05, 0.1) is 6.54 Å². The lowest BCUT2D eigenvalue weighted by molar-refractivity contribution is 1.03. The van der Waals surface area contributed by atoms with Crippen LogP contribution in [0.2, 0.25) is 0 Å². The lowest BCUT2D eigenvalue weighted by Gasteiger charge is -2.09. The van der Waals surface area contributed by atoms with Crippen molar-refractivity contribution in [3.8, 4) is 0 Å². The van der Waals surface area contributed by atoms with Gasteiger partial charge in [-0.2, -0.15) is 0 Å². The van der Waals surface area contributed by atoms with Crippen molar-refractivity contribution in [2.75, 3.05) is 17.2 Å². The first-order valence-corrected chi connectivity index (χ1v) is 7.27. The summed E-state index contributed by atoms with van der Waals surface area (Å²) in [5.41, 5.74) is 1.05. The molecular weight excluding hydrogens is 314 g/mol. The van der Waals surface area contributed by atoms with Crippen LogP contribution in [0.1, 0.15) is 17.6 Å². The molecule has 18 heavy (non-hydrogen) atoms. The van der Waals surface area contributed by atoms with Crippen molar-refractivity contribution in [3.63, 3.8) is 0 Å². The van der Waals surface area contributed by atoms with Gasteiger partial charge in [0.25, 0.3) is 0 Å². The molecule has 0 spiro atoms. The Morgan fingerprint density at radius 2 is 2.00 bits per heavy atom. The van der Waals surface area contributed by atoms with Crippen LogP contribution in [0.3, 0.4) is 0 Å². The fraction of sp³-hybridized carbons (Fsp3) is 0.364. The number of rotatable bonds is 5. The van der Waals surface area contributed by atoms with Gasteiger partial charge < -0.3 is 10.6 Å². The van der Waals surface area contributed by atoms with Crippen LogP contribution in [0.25, 0.3) is 0 Å². The van der Waals surface area contributed by atoms with Gasteiger partial charge in [-0.15, -0.1) is 11.3 Å². The maximum atomic E-state index is 4.40. The zero-order valence-corrected chi connectivity index (χ0v) is 12.6. The Bertz CT molecular complexity index is 528. The van der Waals surface area contributed by atoms with Crippen molar-refractivity contribution < 1.29 is 0 Å². The highest BCUT2D eigenvalue weighted by atomic mass is 79.9. The summed E-state index contributed by atoms with van der Waals surface area (Å²) in [6.45, 7) is 5.50. The smallest absolute Gasteiger partial charge is 0.146 e. The Morgan fingerprint density at radius 1 is 1.28 bits per heavy atom. The van der Waals surface area contributed by atoms with Gasteiger partial charge in [-0.1, -0.05) is 0 Å². The van der Waals surface area contributed by atoms with Crippen LogP contribution in [0.5, 0.6) is 0 Å². The van der Waals surface area contributed by atoms with E-state index >= 15 is 0 Å². The third-order valence-electron chi connectivity index (χ3n) is 2.21. The van der Waals surface area contributed by atoms with E-state index in [9.17, 15) is 0 Å². The Balaban J connectivity index is 2.07. The van der Waals surface area contributed by atoms with Gasteiger partial charge in [-0.25, -0.2) is 15.0 Å². The van der Waals surface area contributed by atoms with E-state index in [-0.39, 0.29) is 0 Å². The summed E-state index contributed by atoms with van der Waals surface area (Å²) in [5, 5.41) is 9.50. The van der Waals surface area contributed by atoms with Crippen molar-refractivity contribution >= 4 is 38.9 Å². The second kappa shape index (κ2) is 6.10. The number of halogens is 1. The molecule has 0 saturated carbocycles. The van der Waals surface area contributed by atoms with Gasteiger partial charge in [0, 0.05) is 17.6 Å². The van der Waals surface area contributed by atoms with Crippen molar-refractivity contribution in [2.45, 2.75) is 20.4 Å². The molecule has 2 rings (SSSR count). The third-order valence-corrected chi connectivity index (χ3v) is 3.93. The van der Waals surface area contributed by atoms with E-state index in [1.54, 1.807) is 11.3 Å². The number of hydrogen-bond acceptors (Lipinski definition) is 6. The summed E-state index contributed by atoms with van der Waals surface area (Å²) < 4.78 is 0.847. The average molecular weight is 328 g/mol. The molecule has 0 atom stereocenters. The average Bonchev–Trinajstić information content (AvgIpc) is 2.77. The monoisotopic (exact) mass is 327 g/mol. The number of thiazole rings is 1. The Morgan fingerprint density at radius 3 is 2.61 bits per heavy atom. The molecule has 0 aliphatic rings. The summed E-state index contributed by atoms with van der Waals surface area (Å²) >= 11 is 5.14. The SMILES string of the molecule is CCNc1ncnc(NCc2nc(C)cs2)c1Br. The van der Waals surface area contributed by atoms with Gasteiger partial charge in [-0.05, 0) is 29.8 Å². The zero-order valence-electron chi connectivity index (χ0n) is 10.2. The van der Waals surface area contributed by atoms with Crippen LogP contribution < -0.4 is 10.6 Å². The lowest BCUT2D eigenvalue weighted by atomic mass is 10.5. The molecule has 0 unspecified atom stereocenters. The maximum Gasteiger partial charge on any atom is 0.146 e. The highest BCUT2D eigenvalue weighted by molar-refractivity contribution is 9.10. The topological polar surface area (TPSA) is 62.7 Å². The molecule has 2 aromatic rings.